The van der Waals surface area contributed by atoms with Crippen LogP contribution in [0.3, 0.4) is 0 Å². The standard InChI is InChI=1S/C9H16O/c1-4-9(7-10)6-5-8(2)3/h4-6,8,10H,7H2,1-3H3/b6-5-,9-4+. The molecule has 0 unspecified atom stereocenters. The van der Waals surface area contributed by atoms with E-state index < -0.39 is 0 Å². The normalized spacial score (nSPS) is 13.5. The van der Waals surface area contributed by atoms with E-state index >= 15 is 0 Å². The van der Waals surface area contributed by atoms with Gasteiger partial charge in [0.25, 0.3) is 0 Å². The van der Waals surface area contributed by atoms with Gasteiger partial charge in [-0.15, -0.1) is 0 Å². The number of hydrogen-bond acceptors (Lipinski definition) is 1. The zero-order chi connectivity index (χ0) is 7.98. The van der Waals surface area contributed by atoms with Gasteiger partial charge in [0.2, 0.25) is 0 Å². The molecular weight excluding hydrogens is 124 g/mol. The van der Waals surface area contributed by atoms with Crippen LogP contribution in [0.1, 0.15) is 20.8 Å². The quantitative estimate of drug-likeness (QED) is 0.595. The van der Waals surface area contributed by atoms with Gasteiger partial charge >= 0.3 is 0 Å². The molecule has 58 valence electrons. The highest BCUT2D eigenvalue weighted by atomic mass is 16.3. The Bertz CT molecular complexity index is 132. The smallest absolute Gasteiger partial charge is 0.0678 e. The minimum Gasteiger partial charge on any atom is -0.392 e. The van der Waals surface area contributed by atoms with E-state index in [1.54, 1.807) is 0 Å². The Balaban J connectivity index is 3.86. The lowest BCUT2D eigenvalue weighted by Crippen LogP contribution is -1.86. The predicted molar refractivity (Wildman–Crippen MR) is 44.8 cm³/mol. The number of aliphatic hydroxyl groups is 1. The molecule has 0 aliphatic heterocycles. The van der Waals surface area contributed by atoms with Crippen LogP contribution in [-0.2, 0) is 0 Å². The molecule has 0 spiro atoms. The molecule has 1 heteroatoms. The Labute approximate surface area is 63.1 Å². The highest BCUT2D eigenvalue weighted by molar-refractivity contribution is 5.18. The van der Waals surface area contributed by atoms with Crippen LogP contribution in [0.15, 0.2) is 23.8 Å². The van der Waals surface area contributed by atoms with Gasteiger partial charge < -0.3 is 5.11 Å². The van der Waals surface area contributed by atoms with Crippen molar-refractivity contribution in [3.8, 4) is 0 Å². The van der Waals surface area contributed by atoms with Crippen molar-refractivity contribution in [3.05, 3.63) is 23.8 Å². The fourth-order valence-electron chi connectivity index (χ4n) is 0.556. The first-order valence-corrected chi connectivity index (χ1v) is 3.65. The van der Waals surface area contributed by atoms with Gasteiger partial charge in [-0.05, 0) is 18.4 Å². The molecule has 0 aliphatic rings. The number of rotatable bonds is 3. The van der Waals surface area contributed by atoms with Crippen molar-refractivity contribution < 1.29 is 5.11 Å². The van der Waals surface area contributed by atoms with Gasteiger partial charge in [-0.2, -0.15) is 0 Å². The molecule has 0 aromatic rings. The molecule has 0 amide bonds. The van der Waals surface area contributed by atoms with Crippen LogP contribution in [0, 0.1) is 5.92 Å². The minimum atomic E-state index is 0.139. The second-order valence-corrected chi connectivity index (χ2v) is 2.62. The third-order valence-electron chi connectivity index (χ3n) is 1.25. The van der Waals surface area contributed by atoms with Crippen molar-refractivity contribution in [2.75, 3.05) is 6.61 Å². The molecule has 0 aliphatic carbocycles. The summed E-state index contributed by atoms with van der Waals surface area (Å²) >= 11 is 0. The number of hydrogen-bond donors (Lipinski definition) is 1. The molecule has 0 fully saturated rings. The van der Waals surface area contributed by atoms with Crippen LogP contribution >= 0.6 is 0 Å². The van der Waals surface area contributed by atoms with E-state index in [2.05, 4.69) is 19.9 Å². The van der Waals surface area contributed by atoms with Gasteiger partial charge in [0, 0.05) is 0 Å². The van der Waals surface area contributed by atoms with Crippen LogP contribution in [0.5, 0.6) is 0 Å². The van der Waals surface area contributed by atoms with Crippen molar-refractivity contribution in [2.45, 2.75) is 20.8 Å². The maximum absolute atomic E-state index is 8.72. The van der Waals surface area contributed by atoms with E-state index in [4.69, 9.17) is 5.11 Å². The third kappa shape index (κ3) is 4.33. The van der Waals surface area contributed by atoms with E-state index in [0.29, 0.717) is 5.92 Å². The Morgan fingerprint density at radius 1 is 1.50 bits per heavy atom. The first-order valence-electron chi connectivity index (χ1n) is 3.65. The average molecular weight is 140 g/mol. The summed E-state index contributed by atoms with van der Waals surface area (Å²) in [4.78, 5) is 0. The van der Waals surface area contributed by atoms with E-state index in [0.717, 1.165) is 5.57 Å². The molecule has 10 heavy (non-hydrogen) atoms. The van der Waals surface area contributed by atoms with Gasteiger partial charge in [0.1, 0.15) is 0 Å². The maximum atomic E-state index is 8.72. The lowest BCUT2D eigenvalue weighted by atomic mass is 10.1. The Hall–Kier alpha value is -0.560. The van der Waals surface area contributed by atoms with Gasteiger partial charge in [0.15, 0.2) is 0 Å². The molecule has 0 saturated heterocycles. The summed E-state index contributed by atoms with van der Waals surface area (Å²) < 4.78 is 0. The molecule has 0 aromatic heterocycles. The lowest BCUT2D eigenvalue weighted by Gasteiger charge is -1.95. The third-order valence-corrected chi connectivity index (χ3v) is 1.25. The fourth-order valence-corrected chi connectivity index (χ4v) is 0.556. The van der Waals surface area contributed by atoms with Crippen molar-refractivity contribution in [1.82, 2.24) is 0 Å². The van der Waals surface area contributed by atoms with E-state index in [-0.39, 0.29) is 6.61 Å². The second kappa shape index (κ2) is 5.24. The average Bonchev–Trinajstić information content (AvgIpc) is 1.90. The number of aliphatic hydroxyl groups excluding tert-OH is 1. The summed E-state index contributed by atoms with van der Waals surface area (Å²) in [5.41, 5.74) is 0.980. The van der Waals surface area contributed by atoms with Gasteiger partial charge in [-0.3, -0.25) is 0 Å². The van der Waals surface area contributed by atoms with E-state index in [9.17, 15) is 0 Å². The Morgan fingerprint density at radius 3 is 2.40 bits per heavy atom. The van der Waals surface area contributed by atoms with E-state index in [1.807, 2.05) is 19.1 Å². The first-order chi connectivity index (χ1) is 4.70. The zero-order valence-electron chi connectivity index (χ0n) is 6.96. The van der Waals surface area contributed by atoms with Crippen molar-refractivity contribution in [3.63, 3.8) is 0 Å². The van der Waals surface area contributed by atoms with E-state index in [1.165, 1.54) is 0 Å². The van der Waals surface area contributed by atoms with Crippen LogP contribution in [-0.4, -0.2) is 11.7 Å². The second-order valence-electron chi connectivity index (χ2n) is 2.62. The molecule has 0 bridgehead atoms. The summed E-state index contributed by atoms with van der Waals surface area (Å²) in [7, 11) is 0. The molecule has 1 nitrogen and oxygen atoms in total. The highest BCUT2D eigenvalue weighted by Gasteiger charge is 1.87. The summed E-state index contributed by atoms with van der Waals surface area (Å²) in [6, 6.07) is 0. The molecule has 0 atom stereocenters. The zero-order valence-corrected chi connectivity index (χ0v) is 6.96. The molecule has 0 aromatic carbocycles. The molecule has 0 heterocycles. The van der Waals surface area contributed by atoms with Crippen LogP contribution in [0.4, 0.5) is 0 Å². The Morgan fingerprint density at radius 2 is 2.10 bits per heavy atom. The summed E-state index contributed by atoms with van der Waals surface area (Å²) in [5, 5.41) is 8.72. The van der Waals surface area contributed by atoms with Crippen molar-refractivity contribution in [2.24, 2.45) is 5.92 Å². The van der Waals surface area contributed by atoms with Gasteiger partial charge in [0.05, 0.1) is 6.61 Å². The molecule has 0 rings (SSSR count). The van der Waals surface area contributed by atoms with Crippen LogP contribution in [0.2, 0.25) is 0 Å². The minimum absolute atomic E-state index is 0.139. The fraction of sp³-hybridized carbons (Fsp3) is 0.556. The summed E-state index contributed by atoms with van der Waals surface area (Å²) in [6.45, 7) is 6.29. The first kappa shape index (κ1) is 9.44. The maximum Gasteiger partial charge on any atom is 0.0678 e. The van der Waals surface area contributed by atoms with Crippen molar-refractivity contribution in [1.29, 1.82) is 0 Å². The highest BCUT2D eigenvalue weighted by Crippen LogP contribution is 1.99. The molecule has 0 radical (unpaired) electrons. The largest absolute Gasteiger partial charge is 0.392 e. The van der Waals surface area contributed by atoms with Gasteiger partial charge in [-0.25, -0.2) is 0 Å². The SMILES string of the molecule is C/C=C(\C=C/C(C)C)CO. The summed E-state index contributed by atoms with van der Waals surface area (Å²) in [5.74, 6) is 0.557. The predicted octanol–water partition coefficient (Wildman–Crippen LogP) is 2.14. The topological polar surface area (TPSA) is 20.2 Å². The van der Waals surface area contributed by atoms with Crippen LogP contribution < -0.4 is 0 Å². The molecule has 0 saturated carbocycles. The number of allylic oxidation sites excluding steroid dienone is 2. The van der Waals surface area contributed by atoms with Crippen molar-refractivity contribution >= 4 is 0 Å². The molecular formula is C9H16O. The Kier molecular flexibility index (Phi) is 4.95. The van der Waals surface area contributed by atoms with Gasteiger partial charge in [-0.1, -0.05) is 32.1 Å². The summed E-state index contributed by atoms with van der Waals surface area (Å²) in [6.07, 6.45) is 5.95. The lowest BCUT2D eigenvalue weighted by molar-refractivity contribution is 0.334. The molecule has 1 N–H and O–H groups in total. The monoisotopic (exact) mass is 140 g/mol. The van der Waals surface area contributed by atoms with Crippen LogP contribution in [0.25, 0.3) is 0 Å².